The first-order valence-corrected chi connectivity index (χ1v) is 6.11. The number of halogens is 1. The smallest absolute Gasteiger partial charge is 0.304 e. The van der Waals surface area contributed by atoms with Crippen LogP contribution in [0.1, 0.15) is 31.7 Å². The standard InChI is InChI=1S/C13H17FN2O2/c1-9-4-5-13(15,7-9)8-10-2-3-12(16(17)18)11(14)6-10/h2-3,6,9H,4-5,7-8,15H2,1H3. The fourth-order valence-electron chi connectivity index (χ4n) is 2.81. The topological polar surface area (TPSA) is 69.2 Å². The summed E-state index contributed by atoms with van der Waals surface area (Å²) in [7, 11) is 0. The molecule has 0 aromatic heterocycles. The summed E-state index contributed by atoms with van der Waals surface area (Å²) in [6.45, 7) is 2.16. The van der Waals surface area contributed by atoms with Crippen LogP contribution >= 0.6 is 0 Å². The summed E-state index contributed by atoms with van der Waals surface area (Å²) in [5.74, 6) is -0.190. The van der Waals surface area contributed by atoms with E-state index in [1.807, 2.05) is 0 Å². The van der Waals surface area contributed by atoms with Gasteiger partial charge in [0, 0.05) is 11.6 Å². The van der Waals surface area contributed by atoms with E-state index in [1.165, 1.54) is 12.1 Å². The Labute approximate surface area is 105 Å². The number of nitrogens with zero attached hydrogens (tertiary/aromatic N) is 1. The summed E-state index contributed by atoms with van der Waals surface area (Å²) in [6.07, 6.45) is 3.51. The molecule has 2 atom stereocenters. The van der Waals surface area contributed by atoms with Crippen molar-refractivity contribution in [2.75, 3.05) is 0 Å². The predicted molar refractivity (Wildman–Crippen MR) is 66.7 cm³/mol. The predicted octanol–water partition coefficient (Wildman–Crippen LogP) is 2.79. The van der Waals surface area contributed by atoms with Crippen LogP contribution in [0.5, 0.6) is 0 Å². The van der Waals surface area contributed by atoms with E-state index in [4.69, 9.17) is 5.73 Å². The summed E-state index contributed by atoms with van der Waals surface area (Å²) in [5.41, 5.74) is 6.23. The van der Waals surface area contributed by atoms with Crippen LogP contribution in [0, 0.1) is 21.8 Å². The molecule has 5 heteroatoms. The minimum atomic E-state index is -0.785. The van der Waals surface area contributed by atoms with Crippen LogP contribution in [0.2, 0.25) is 0 Å². The van der Waals surface area contributed by atoms with Gasteiger partial charge < -0.3 is 5.73 Å². The fourth-order valence-corrected chi connectivity index (χ4v) is 2.81. The van der Waals surface area contributed by atoms with Crippen molar-refractivity contribution in [3.8, 4) is 0 Å². The number of hydrogen-bond acceptors (Lipinski definition) is 3. The molecule has 0 amide bonds. The molecule has 1 aliphatic carbocycles. The van der Waals surface area contributed by atoms with Gasteiger partial charge in [-0.05, 0) is 43.2 Å². The van der Waals surface area contributed by atoms with Gasteiger partial charge in [0.2, 0.25) is 5.82 Å². The van der Waals surface area contributed by atoms with Gasteiger partial charge in [0.1, 0.15) is 0 Å². The molecule has 1 aliphatic rings. The lowest BCUT2D eigenvalue weighted by molar-refractivity contribution is -0.387. The maximum absolute atomic E-state index is 13.5. The highest BCUT2D eigenvalue weighted by Crippen LogP contribution is 2.35. The third kappa shape index (κ3) is 2.67. The Morgan fingerprint density at radius 2 is 2.33 bits per heavy atom. The quantitative estimate of drug-likeness (QED) is 0.664. The van der Waals surface area contributed by atoms with Crippen LogP contribution in [-0.4, -0.2) is 10.5 Å². The number of nitro groups is 1. The van der Waals surface area contributed by atoms with E-state index in [-0.39, 0.29) is 5.54 Å². The lowest BCUT2D eigenvalue weighted by atomic mass is 9.89. The van der Waals surface area contributed by atoms with Crippen LogP contribution in [-0.2, 0) is 6.42 Å². The van der Waals surface area contributed by atoms with Crippen molar-refractivity contribution in [3.63, 3.8) is 0 Å². The fraction of sp³-hybridized carbons (Fsp3) is 0.538. The van der Waals surface area contributed by atoms with Gasteiger partial charge in [-0.3, -0.25) is 10.1 Å². The molecular formula is C13H17FN2O2. The Morgan fingerprint density at radius 3 is 2.83 bits per heavy atom. The number of nitro benzene ring substituents is 1. The molecule has 0 bridgehead atoms. The zero-order chi connectivity index (χ0) is 13.3. The first kappa shape index (κ1) is 13.0. The second kappa shape index (κ2) is 4.65. The van der Waals surface area contributed by atoms with Gasteiger partial charge in [-0.2, -0.15) is 4.39 Å². The van der Waals surface area contributed by atoms with Crippen molar-refractivity contribution in [1.82, 2.24) is 0 Å². The SMILES string of the molecule is CC1CCC(N)(Cc2ccc([N+](=O)[O-])c(F)c2)C1. The molecule has 0 aliphatic heterocycles. The summed E-state index contributed by atoms with van der Waals surface area (Å²) in [5, 5.41) is 10.5. The third-order valence-electron chi connectivity index (χ3n) is 3.65. The zero-order valence-electron chi connectivity index (χ0n) is 10.4. The van der Waals surface area contributed by atoms with Crippen LogP contribution in [0.15, 0.2) is 18.2 Å². The van der Waals surface area contributed by atoms with Crippen LogP contribution in [0.4, 0.5) is 10.1 Å². The van der Waals surface area contributed by atoms with E-state index in [0.29, 0.717) is 12.3 Å². The maximum Gasteiger partial charge on any atom is 0.304 e. The van der Waals surface area contributed by atoms with Gasteiger partial charge in [0.25, 0.3) is 0 Å². The minimum Gasteiger partial charge on any atom is -0.325 e. The van der Waals surface area contributed by atoms with Gasteiger partial charge in [-0.1, -0.05) is 13.0 Å². The Balaban J connectivity index is 2.16. The monoisotopic (exact) mass is 252 g/mol. The molecule has 2 unspecified atom stereocenters. The van der Waals surface area contributed by atoms with E-state index in [9.17, 15) is 14.5 Å². The molecule has 98 valence electrons. The van der Waals surface area contributed by atoms with Crippen molar-refractivity contribution < 1.29 is 9.31 Å². The first-order valence-electron chi connectivity index (χ1n) is 6.11. The lowest BCUT2D eigenvalue weighted by Gasteiger charge is -2.24. The Morgan fingerprint density at radius 1 is 1.61 bits per heavy atom. The molecule has 18 heavy (non-hydrogen) atoms. The van der Waals surface area contributed by atoms with Gasteiger partial charge in [0.05, 0.1) is 4.92 Å². The average Bonchev–Trinajstić information content (AvgIpc) is 2.57. The summed E-state index contributed by atoms with van der Waals surface area (Å²) < 4.78 is 13.5. The molecular weight excluding hydrogens is 235 g/mol. The highest BCUT2D eigenvalue weighted by atomic mass is 19.1. The van der Waals surface area contributed by atoms with Crippen molar-refractivity contribution >= 4 is 5.69 Å². The first-order chi connectivity index (χ1) is 8.39. The number of rotatable bonds is 3. The van der Waals surface area contributed by atoms with E-state index in [2.05, 4.69) is 6.92 Å². The highest BCUT2D eigenvalue weighted by molar-refractivity contribution is 5.35. The van der Waals surface area contributed by atoms with Crippen LogP contribution in [0.25, 0.3) is 0 Å². The van der Waals surface area contributed by atoms with E-state index in [0.717, 1.165) is 24.8 Å². The molecule has 1 saturated carbocycles. The minimum absolute atomic E-state index is 0.290. The van der Waals surface area contributed by atoms with Crippen LogP contribution < -0.4 is 5.73 Å². The second-order valence-corrected chi connectivity index (χ2v) is 5.43. The third-order valence-corrected chi connectivity index (χ3v) is 3.65. The summed E-state index contributed by atoms with van der Waals surface area (Å²) >= 11 is 0. The maximum atomic E-state index is 13.5. The Bertz CT molecular complexity index is 478. The number of nitrogens with two attached hydrogens (primary N) is 1. The molecule has 1 aromatic carbocycles. The van der Waals surface area contributed by atoms with Gasteiger partial charge >= 0.3 is 5.69 Å². The largest absolute Gasteiger partial charge is 0.325 e. The van der Waals surface area contributed by atoms with Crippen molar-refractivity contribution in [3.05, 3.63) is 39.7 Å². The normalized spacial score (nSPS) is 27.4. The number of benzene rings is 1. The van der Waals surface area contributed by atoms with Gasteiger partial charge in [0.15, 0.2) is 0 Å². The molecule has 2 rings (SSSR count). The van der Waals surface area contributed by atoms with Crippen LogP contribution in [0.3, 0.4) is 0 Å². The van der Waals surface area contributed by atoms with Gasteiger partial charge in [-0.25, -0.2) is 0 Å². The van der Waals surface area contributed by atoms with E-state index in [1.54, 1.807) is 6.07 Å². The summed E-state index contributed by atoms with van der Waals surface area (Å²) in [4.78, 5) is 9.81. The van der Waals surface area contributed by atoms with Crippen molar-refractivity contribution in [1.29, 1.82) is 0 Å². The molecule has 0 heterocycles. The highest BCUT2D eigenvalue weighted by Gasteiger charge is 2.33. The molecule has 1 aromatic rings. The van der Waals surface area contributed by atoms with Gasteiger partial charge in [-0.15, -0.1) is 0 Å². The average molecular weight is 252 g/mol. The molecule has 0 saturated heterocycles. The summed E-state index contributed by atoms with van der Waals surface area (Å²) in [6, 6.07) is 4.04. The lowest BCUT2D eigenvalue weighted by Crippen LogP contribution is -2.39. The second-order valence-electron chi connectivity index (χ2n) is 5.43. The molecule has 2 N–H and O–H groups in total. The molecule has 4 nitrogen and oxygen atoms in total. The zero-order valence-corrected chi connectivity index (χ0v) is 10.4. The van der Waals surface area contributed by atoms with E-state index < -0.39 is 16.4 Å². The molecule has 0 radical (unpaired) electrons. The molecule has 1 fully saturated rings. The molecule has 0 spiro atoms. The number of hydrogen-bond donors (Lipinski definition) is 1. The Hall–Kier alpha value is -1.49. The van der Waals surface area contributed by atoms with E-state index >= 15 is 0 Å². The van der Waals surface area contributed by atoms with Crippen molar-refractivity contribution in [2.45, 2.75) is 38.1 Å². The Kier molecular flexibility index (Phi) is 3.34. The van der Waals surface area contributed by atoms with Crippen molar-refractivity contribution in [2.24, 2.45) is 11.7 Å².